The maximum Gasteiger partial charge on any atom is 0.0945 e. The third kappa shape index (κ3) is 4.66. The summed E-state index contributed by atoms with van der Waals surface area (Å²) in [5.74, 6) is 0. The average Bonchev–Trinajstić information content (AvgIpc) is 2.68. The molecule has 1 aromatic rings. The second kappa shape index (κ2) is 6.88. The Labute approximate surface area is 91.3 Å². The molecule has 0 fully saturated rings. The summed E-state index contributed by atoms with van der Waals surface area (Å²) >= 11 is 6.20. The number of unbranched alkanes of at least 4 members (excludes halogenated alkanes) is 2. The molecule has 0 N–H and O–H groups in total. The molecule has 0 aromatic carbocycles. The minimum Gasteiger partial charge on any atom is -0.337 e. The highest BCUT2D eigenvalue weighted by molar-refractivity contribution is 6.20. The van der Waals surface area contributed by atoms with Gasteiger partial charge in [0.05, 0.1) is 6.33 Å². The lowest BCUT2D eigenvalue weighted by molar-refractivity contribution is 0.564. The van der Waals surface area contributed by atoms with E-state index in [1.54, 1.807) is 6.20 Å². The molecule has 3 heteroatoms. The molecule has 1 unspecified atom stereocenters. The summed E-state index contributed by atoms with van der Waals surface area (Å²) in [7, 11) is 0. The number of rotatable bonds is 7. The molecular weight excluding hydrogens is 196 g/mol. The van der Waals surface area contributed by atoms with Gasteiger partial charge in [-0.1, -0.05) is 26.2 Å². The average molecular weight is 215 g/mol. The van der Waals surface area contributed by atoms with E-state index in [-0.39, 0.29) is 0 Å². The number of aromatic nitrogens is 2. The Kier molecular flexibility index (Phi) is 5.69. The Morgan fingerprint density at radius 1 is 1.36 bits per heavy atom. The van der Waals surface area contributed by atoms with Crippen LogP contribution in [0.25, 0.3) is 0 Å². The van der Waals surface area contributed by atoms with Gasteiger partial charge >= 0.3 is 0 Å². The van der Waals surface area contributed by atoms with Crippen molar-refractivity contribution in [2.24, 2.45) is 0 Å². The van der Waals surface area contributed by atoms with Gasteiger partial charge in [-0.15, -0.1) is 11.6 Å². The lowest BCUT2D eigenvalue weighted by atomic mass is 10.1. The van der Waals surface area contributed by atoms with Crippen LogP contribution in [0.3, 0.4) is 0 Å². The molecule has 1 aromatic heterocycles. The molecule has 2 nitrogen and oxygen atoms in total. The molecule has 0 saturated heterocycles. The van der Waals surface area contributed by atoms with Crippen molar-refractivity contribution in [3.05, 3.63) is 18.7 Å². The van der Waals surface area contributed by atoms with Crippen LogP contribution in [0.5, 0.6) is 0 Å². The van der Waals surface area contributed by atoms with Gasteiger partial charge in [-0.25, -0.2) is 4.98 Å². The van der Waals surface area contributed by atoms with Gasteiger partial charge < -0.3 is 4.57 Å². The maximum atomic E-state index is 6.20. The van der Waals surface area contributed by atoms with Crippen molar-refractivity contribution >= 4 is 11.6 Å². The highest BCUT2D eigenvalue weighted by Crippen LogP contribution is 2.13. The number of alkyl halides is 1. The Bertz CT molecular complexity index is 221. The van der Waals surface area contributed by atoms with Gasteiger partial charge in [0.25, 0.3) is 0 Å². The van der Waals surface area contributed by atoms with E-state index in [1.165, 1.54) is 19.3 Å². The van der Waals surface area contributed by atoms with Crippen molar-refractivity contribution in [3.8, 4) is 0 Å². The van der Waals surface area contributed by atoms with E-state index in [9.17, 15) is 0 Å². The lowest BCUT2D eigenvalue weighted by Gasteiger charge is -2.08. The van der Waals surface area contributed by atoms with E-state index < -0.39 is 0 Å². The molecule has 0 aliphatic rings. The van der Waals surface area contributed by atoms with Crippen molar-refractivity contribution in [2.45, 2.75) is 50.9 Å². The van der Waals surface area contributed by atoms with Gasteiger partial charge in [-0.3, -0.25) is 0 Å². The normalized spacial score (nSPS) is 13.0. The van der Waals surface area contributed by atoms with E-state index in [4.69, 9.17) is 11.6 Å². The molecule has 1 rings (SSSR count). The van der Waals surface area contributed by atoms with E-state index in [1.807, 2.05) is 12.5 Å². The Balaban J connectivity index is 2.06. The van der Waals surface area contributed by atoms with Crippen LogP contribution in [-0.4, -0.2) is 14.9 Å². The monoisotopic (exact) mass is 214 g/mol. The van der Waals surface area contributed by atoms with Crippen LogP contribution < -0.4 is 0 Å². The smallest absolute Gasteiger partial charge is 0.0945 e. The molecule has 1 atom stereocenters. The third-order valence-corrected chi connectivity index (χ3v) is 2.82. The summed E-state index contributed by atoms with van der Waals surface area (Å²) in [5.41, 5.74) is 0. The predicted molar refractivity (Wildman–Crippen MR) is 60.6 cm³/mol. The zero-order valence-corrected chi connectivity index (χ0v) is 9.58. The minimum absolute atomic E-state index is 0.323. The highest BCUT2D eigenvalue weighted by Gasteiger charge is 2.03. The number of hydrogen-bond donors (Lipinski definition) is 0. The second-order valence-corrected chi connectivity index (χ2v) is 4.30. The number of hydrogen-bond acceptors (Lipinski definition) is 1. The Morgan fingerprint density at radius 3 is 2.86 bits per heavy atom. The van der Waals surface area contributed by atoms with E-state index in [0.717, 1.165) is 19.4 Å². The van der Waals surface area contributed by atoms with E-state index in [0.29, 0.717) is 5.38 Å². The molecule has 14 heavy (non-hydrogen) atoms. The van der Waals surface area contributed by atoms with Gasteiger partial charge in [0.15, 0.2) is 0 Å². The lowest BCUT2D eigenvalue weighted by Crippen LogP contribution is -2.04. The predicted octanol–water partition coefficient (Wildman–Crippen LogP) is 3.46. The summed E-state index contributed by atoms with van der Waals surface area (Å²) in [6.07, 6.45) is 11.6. The van der Waals surface area contributed by atoms with Crippen LogP contribution in [0.1, 0.15) is 39.0 Å². The van der Waals surface area contributed by atoms with Gasteiger partial charge in [0.2, 0.25) is 0 Å². The first-order chi connectivity index (χ1) is 6.83. The SMILES string of the molecule is CCCCCC(Cl)CCn1ccnc1. The second-order valence-electron chi connectivity index (χ2n) is 3.68. The van der Waals surface area contributed by atoms with Crippen molar-refractivity contribution < 1.29 is 0 Å². The molecule has 0 radical (unpaired) electrons. The van der Waals surface area contributed by atoms with E-state index >= 15 is 0 Å². The van der Waals surface area contributed by atoms with Crippen LogP contribution in [0, 0.1) is 0 Å². The standard InChI is InChI=1S/C11H19ClN2/c1-2-3-4-5-11(12)6-8-14-9-7-13-10-14/h7,9-11H,2-6,8H2,1H3. The summed E-state index contributed by atoms with van der Waals surface area (Å²) in [4.78, 5) is 4.00. The first kappa shape index (κ1) is 11.6. The largest absolute Gasteiger partial charge is 0.337 e. The van der Waals surface area contributed by atoms with E-state index in [2.05, 4.69) is 16.5 Å². The molecule has 0 spiro atoms. The fourth-order valence-corrected chi connectivity index (χ4v) is 1.72. The van der Waals surface area contributed by atoms with Crippen molar-refractivity contribution in [2.75, 3.05) is 0 Å². The third-order valence-electron chi connectivity index (χ3n) is 2.38. The molecule has 1 heterocycles. The zero-order valence-electron chi connectivity index (χ0n) is 8.82. The summed E-state index contributed by atoms with van der Waals surface area (Å²) in [6.45, 7) is 3.20. The van der Waals surface area contributed by atoms with Gasteiger partial charge in [0.1, 0.15) is 0 Å². The molecular formula is C11H19ClN2. The molecule has 0 amide bonds. The highest BCUT2D eigenvalue weighted by atomic mass is 35.5. The van der Waals surface area contributed by atoms with Crippen molar-refractivity contribution in [3.63, 3.8) is 0 Å². The maximum absolute atomic E-state index is 6.20. The summed E-state index contributed by atoms with van der Waals surface area (Å²) in [5, 5.41) is 0.323. The molecule has 0 bridgehead atoms. The molecule has 0 aliphatic carbocycles. The van der Waals surface area contributed by atoms with Crippen LogP contribution in [-0.2, 0) is 6.54 Å². The number of imidazole rings is 1. The summed E-state index contributed by atoms with van der Waals surface area (Å²) in [6, 6.07) is 0. The van der Waals surface area contributed by atoms with Crippen LogP contribution in [0.4, 0.5) is 0 Å². The van der Waals surface area contributed by atoms with Gasteiger partial charge in [-0.05, 0) is 12.8 Å². The fourth-order valence-electron chi connectivity index (χ4n) is 1.47. The number of aryl methyl sites for hydroxylation is 1. The van der Waals surface area contributed by atoms with Gasteiger partial charge in [0, 0.05) is 24.3 Å². The van der Waals surface area contributed by atoms with Crippen LogP contribution in [0.2, 0.25) is 0 Å². The first-order valence-corrected chi connectivity index (χ1v) is 5.86. The zero-order chi connectivity index (χ0) is 10.2. The number of halogens is 1. The minimum atomic E-state index is 0.323. The Hall–Kier alpha value is -0.500. The molecule has 0 aliphatic heterocycles. The van der Waals surface area contributed by atoms with Gasteiger partial charge in [-0.2, -0.15) is 0 Å². The van der Waals surface area contributed by atoms with Crippen molar-refractivity contribution in [1.29, 1.82) is 0 Å². The van der Waals surface area contributed by atoms with Crippen molar-refractivity contribution in [1.82, 2.24) is 9.55 Å². The molecule has 0 saturated carbocycles. The topological polar surface area (TPSA) is 17.8 Å². The van der Waals surface area contributed by atoms with Crippen LogP contribution >= 0.6 is 11.6 Å². The summed E-state index contributed by atoms with van der Waals surface area (Å²) < 4.78 is 2.08. The first-order valence-electron chi connectivity index (χ1n) is 5.42. The fraction of sp³-hybridized carbons (Fsp3) is 0.727. The number of nitrogens with zero attached hydrogens (tertiary/aromatic N) is 2. The molecule has 80 valence electrons. The van der Waals surface area contributed by atoms with Crippen LogP contribution in [0.15, 0.2) is 18.7 Å². The Morgan fingerprint density at radius 2 is 2.21 bits per heavy atom. The quantitative estimate of drug-likeness (QED) is 0.502.